The van der Waals surface area contributed by atoms with Gasteiger partial charge in [0.1, 0.15) is 0 Å². The van der Waals surface area contributed by atoms with E-state index in [9.17, 15) is 14.7 Å². The standard InChI is InChI=1S/C24H36N4O3/c1-2-25-23(27-18-24(14-17-29)12-6-3-7-13-24)26-15-8-9-16-28-21(30)19-10-4-5-11-20(19)22(28)31/h4-5,10-11,29H,2-3,6-9,12-18H2,1H3,(H2,25,26,27). The van der Waals surface area contributed by atoms with E-state index in [2.05, 4.69) is 10.6 Å². The molecule has 1 aliphatic carbocycles. The summed E-state index contributed by atoms with van der Waals surface area (Å²) in [7, 11) is 0. The third-order valence-corrected chi connectivity index (χ3v) is 6.45. The third-order valence-electron chi connectivity index (χ3n) is 6.45. The molecule has 0 unspecified atom stereocenters. The van der Waals surface area contributed by atoms with Crippen LogP contribution in [0.5, 0.6) is 0 Å². The van der Waals surface area contributed by atoms with E-state index in [0.717, 1.165) is 57.7 Å². The van der Waals surface area contributed by atoms with Crippen LogP contribution < -0.4 is 10.6 Å². The van der Waals surface area contributed by atoms with Gasteiger partial charge in [0.25, 0.3) is 11.8 Å². The highest BCUT2D eigenvalue weighted by molar-refractivity contribution is 6.21. The number of benzene rings is 1. The first-order valence-electron chi connectivity index (χ1n) is 11.7. The molecule has 0 saturated heterocycles. The molecule has 0 bridgehead atoms. The number of unbranched alkanes of at least 4 members (excludes halogenated alkanes) is 1. The molecule has 1 fully saturated rings. The normalized spacial score (nSPS) is 18.3. The van der Waals surface area contributed by atoms with E-state index >= 15 is 0 Å². The molecule has 7 heteroatoms. The van der Waals surface area contributed by atoms with Crippen molar-refractivity contribution in [2.45, 2.75) is 58.3 Å². The fourth-order valence-electron chi connectivity index (χ4n) is 4.66. The Labute approximate surface area is 185 Å². The number of hydrogen-bond acceptors (Lipinski definition) is 4. The van der Waals surface area contributed by atoms with E-state index in [-0.39, 0.29) is 23.8 Å². The summed E-state index contributed by atoms with van der Waals surface area (Å²) >= 11 is 0. The molecule has 0 atom stereocenters. The highest BCUT2D eigenvalue weighted by atomic mass is 16.3. The van der Waals surface area contributed by atoms with E-state index < -0.39 is 0 Å². The summed E-state index contributed by atoms with van der Waals surface area (Å²) < 4.78 is 0. The minimum atomic E-state index is -0.190. The number of nitrogens with zero attached hydrogens (tertiary/aromatic N) is 2. The lowest BCUT2D eigenvalue weighted by Gasteiger charge is -2.35. The molecule has 3 rings (SSSR count). The molecular weight excluding hydrogens is 392 g/mol. The number of fused-ring (bicyclic) bond motifs is 1. The van der Waals surface area contributed by atoms with Crippen molar-refractivity contribution in [1.29, 1.82) is 0 Å². The number of nitrogens with one attached hydrogen (secondary N) is 2. The summed E-state index contributed by atoms with van der Waals surface area (Å²) in [5.41, 5.74) is 1.14. The fraction of sp³-hybridized carbons (Fsp3) is 0.625. The SMILES string of the molecule is CCNC(=NCC1(CCO)CCCCC1)NCCCCN1C(=O)c2ccccc2C1=O. The van der Waals surface area contributed by atoms with Gasteiger partial charge in [-0.3, -0.25) is 19.5 Å². The van der Waals surface area contributed by atoms with Gasteiger partial charge in [-0.25, -0.2) is 0 Å². The van der Waals surface area contributed by atoms with Gasteiger partial charge >= 0.3 is 0 Å². The van der Waals surface area contributed by atoms with Gasteiger partial charge in [0.05, 0.1) is 11.1 Å². The van der Waals surface area contributed by atoms with Crippen molar-refractivity contribution in [1.82, 2.24) is 15.5 Å². The summed E-state index contributed by atoms with van der Waals surface area (Å²) in [6.45, 7) is 4.94. The van der Waals surface area contributed by atoms with Crippen LogP contribution in [0.4, 0.5) is 0 Å². The number of guanidine groups is 1. The molecule has 0 radical (unpaired) electrons. The molecule has 1 aromatic rings. The first kappa shape index (κ1) is 23.3. The van der Waals surface area contributed by atoms with E-state index in [0.29, 0.717) is 17.7 Å². The molecule has 3 N–H and O–H groups in total. The fourth-order valence-corrected chi connectivity index (χ4v) is 4.66. The maximum Gasteiger partial charge on any atom is 0.261 e. The van der Waals surface area contributed by atoms with Crippen LogP contribution in [0, 0.1) is 5.41 Å². The van der Waals surface area contributed by atoms with Crippen LogP contribution in [0.1, 0.15) is 79.0 Å². The Balaban J connectivity index is 1.45. The second-order valence-corrected chi connectivity index (χ2v) is 8.67. The van der Waals surface area contributed by atoms with Gasteiger partial charge in [-0.2, -0.15) is 0 Å². The molecule has 2 amide bonds. The minimum Gasteiger partial charge on any atom is -0.396 e. The van der Waals surface area contributed by atoms with Crippen molar-refractivity contribution in [2.24, 2.45) is 10.4 Å². The number of aliphatic hydroxyl groups is 1. The number of carbonyl (C=O) groups excluding carboxylic acids is 2. The van der Waals surface area contributed by atoms with Crippen LogP contribution in [0.15, 0.2) is 29.3 Å². The molecule has 0 spiro atoms. The molecule has 7 nitrogen and oxygen atoms in total. The second-order valence-electron chi connectivity index (χ2n) is 8.67. The van der Waals surface area contributed by atoms with Crippen molar-refractivity contribution >= 4 is 17.8 Å². The summed E-state index contributed by atoms with van der Waals surface area (Å²) in [6.07, 6.45) is 8.38. The molecule has 170 valence electrons. The molecule has 1 aromatic carbocycles. The average molecular weight is 429 g/mol. The van der Waals surface area contributed by atoms with Crippen LogP contribution in [-0.2, 0) is 0 Å². The Hall–Kier alpha value is -2.41. The van der Waals surface area contributed by atoms with Crippen molar-refractivity contribution in [2.75, 3.05) is 32.8 Å². The topological polar surface area (TPSA) is 94.0 Å². The number of imide groups is 1. The molecule has 31 heavy (non-hydrogen) atoms. The van der Waals surface area contributed by atoms with E-state index in [4.69, 9.17) is 4.99 Å². The molecule has 1 heterocycles. The summed E-state index contributed by atoms with van der Waals surface area (Å²) in [6, 6.07) is 7.01. The highest BCUT2D eigenvalue weighted by Gasteiger charge is 2.34. The lowest BCUT2D eigenvalue weighted by molar-refractivity contribution is 0.0652. The maximum atomic E-state index is 12.4. The molecule has 0 aromatic heterocycles. The Morgan fingerprint density at radius 1 is 1.06 bits per heavy atom. The predicted octanol–water partition coefficient (Wildman–Crippen LogP) is 2.95. The second kappa shape index (κ2) is 11.3. The summed E-state index contributed by atoms with van der Waals surface area (Å²) in [5.74, 6) is 0.418. The number of aliphatic imine (C=N–C) groups is 1. The van der Waals surface area contributed by atoms with Crippen LogP contribution >= 0.6 is 0 Å². The Kier molecular flexibility index (Phi) is 8.46. The number of aliphatic hydroxyl groups excluding tert-OH is 1. The smallest absolute Gasteiger partial charge is 0.261 e. The number of rotatable bonds is 10. The lowest BCUT2D eigenvalue weighted by atomic mass is 9.72. The van der Waals surface area contributed by atoms with Gasteiger partial charge in [0.15, 0.2) is 5.96 Å². The Morgan fingerprint density at radius 2 is 1.74 bits per heavy atom. The van der Waals surface area contributed by atoms with Crippen molar-refractivity contribution in [3.8, 4) is 0 Å². The van der Waals surface area contributed by atoms with Crippen LogP contribution in [0.2, 0.25) is 0 Å². The van der Waals surface area contributed by atoms with Crippen LogP contribution in [-0.4, -0.2) is 60.6 Å². The molecular formula is C24H36N4O3. The van der Waals surface area contributed by atoms with Gasteiger partial charge < -0.3 is 15.7 Å². The van der Waals surface area contributed by atoms with Crippen molar-refractivity contribution < 1.29 is 14.7 Å². The predicted molar refractivity (Wildman–Crippen MR) is 122 cm³/mol. The first-order chi connectivity index (χ1) is 15.1. The first-order valence-corrected chi connectivity index (χ1v) is 11.7. The van der Waals surface area contributed by atoms with E-state index in [1.54, 1.807) is 24.3 Å². The third kappa shape index (κ3) is 5.85. The number of hydrogen-bond donors (Lipinski definition) is 3. The maximum absolute atomic E-state index is 12.4. The van der Waals surface area contributed by atoms with Gasteiger partial charge in [0, 0.05) is 32.8 Å². The zero-order valence-corrected chi connectivity index (χ0v) is 18.7. The molecule has 2 aliphatic rings. The van der Waals surface area contributed by atoms with Gasteiger partial charge in [0.2, 0.25) is 0 Å². The molecule has 1 saturated carbocycles. The van der Waals surface area contributed by atoms with E-state index in [1.807, 2.05) is 6.92 Å². The Bertz CT molecular complexity index is 746. The average Bonchev–Trinajstić information content (AvgIpc) is 3.03. The van der Waals surface area contributed by atoms with E-state index in [1.165, 1.54) is 24.2 Å². The minimum absolute atomic E-state index is 0.126. The van der Waals surface area contributed by atoms with Crippen molar-refractivity contribution in [3.05, 3.63) is 35.4 Å². The number of carbonyl (C=O) groups is 2. The largest absolute Gasteiger partial charge is 0.396 e. The highest BCUT2D eigenvalue weighted by Crippen LogP contribution is 2.39. The number of amides is 2. The van der Waals surface area contributed by atoms with Gasteiger partial charge in [-0.05, 0) is 56.6 Å². The summed E-state index contributed by atoms with van der Waals surface area (Å²) in [5, 5.41) is 16.2. The van der Waals surface area contributed by atoms with Crippen LogP contribution in [0.3, 0.4) is 0 Å². The van der Waals surface area contributed by atoms with Gasteiger partial charge in [-0.1, -0.05) is 31.4 Å². The monoisotopic (exact) mass is 428 g/mol. The lowest BCUT2D eigenvalue weighted by Crippen LogP contribution is -2.39. The zero-order valence-electron chi connectivity index (χ0n) is 18.7. The van der Waals surface area contributed by atoms with Crippen molar-refractivity contribution in [3.63, 3.8) is 0 Å². The molecule has 1 aliphatic heterocycles. The van der Waals surface area contributed by atoms with Gasteiger partial charge in [-0.15, -0.1) is 0 Å². The van der Waals surface area contributed by atoms with Crippen LogP contribution in [0.25, 0.3) is 0 Å². The Morgan fingerprint density at radius 3 is 2.35 bits per heavy atom. The quantitative estimate of drug-likeness (QED) is 0.231. The zero-order chi connectivity index (χ0) is 22.1. The summed E-state index contributed by atoms with van der Waals surface area (Å²) in [4.78, 5) is 31.0.